The first-order chi connectivity index (χ1) is 9.60. The minimum Gasteiger partial charge on any atom is -0.322 e. The largest absolute Gasteiger partial charge is 0.322 e. The molecule has 0 aliphatic carbocycles. The Labute approximate surface area is 145 Å². The molecule has 2 rings (SSSR count). The zero-order chi connectivity index (χ0) is 14.5. The Hall–Kier alpha value is -0.590. The summed E-state index contributed by atoms with van der Waals surface area (Å²) < 4.78 is 1.81. The molecule has 2 aromatic rings. The van der Waals surface area contributed by atoms with Crippen molar-refractivity contribution in [2.24, 2.45) is 0 Å². The number of carbonyl (C=O) groups is 1. The third kappa shape index (κ3) is 4.20. The highest BCUT2D eigenvalue weighted by Crippen LogP contribution is 2.21. The van der Waals surface area contributed by atoms with Gasteiger partial charge in [0.05, 0.1) is 5.56 Å². The van der Waals surface area contributed by atoms with E-state index in [9.17, 15) is 4.79 Å². The zero-order valence-electron chi connectivity index (χ0n) is 10.5. The fraction of sp³-hybridized carbons (Fsp3) is 0.133. The zero-order valence-corrected chi connectivity index (χ0v) is 15.0. The monoisotopic (exact) mass is 463 g/mol. The molecule has 0 saturated heterocycles. The fourth-order valence-electron chi connectivity index (χ4n) is 1.73. The summed E-state index contributed by atoms with van der Waals surface area (Å²) in [6.07, 6.45) is 0.832. The van der Waals surface area contributed by atoms with E-state index in [2.05, 4.69) is 43.8 Å². The SMILES string of the molecule is O=C(Nc1ccc(CCCl)cc1)c1cc(I)ccc1Br. The Morgan fingerprint density at radius 2 is 1.90 bits per heavy atom. The average Bonchev–Trinajstić information content (AvgIpc) is 2.44. The van der Waals surface area contributed by atoms with Crippen molar-refractivity contribution in [2.45, 2.75) is 6.42 Å². The Balaban J connectivity index is 2.13. The Bertz CT molecular complexity index is 616. The maximum atomic E-state index is 12.2. The summed E-state index contributed by atoms with van der Waals surface area (Å²) in [6.45, 7) is 0. The number of benzene rings is 2. The normalized spacial score (nSPS) is 10.3. The summed E-state index contributed by atoms with van der Waals surface area (Å²) in [5.74, 6) is 0.474. The molecule has 0 atom stereocenters. The van der Waals surface area contributed by atoms with Gasteiger partial charge < -0.3 is 5.32 Å². The van der Waals surface area contributed by atoms with Crippen LogP contribution in [0.25, 0.3) is 0 Å². The lowest BCUT2D eigenvalue weighted by Crippen LogP contribution is -2.12. The molecular weight excluding hydrogens is 452 g/mol. The van der Waals surface area contributed by atoms with Crippen LogP contribution in [0.15, 0.2) is 46.9 Å². The standard InChI is InChI=1S/C15H12BrClINO/c16-14-6-3-11(18)9-13(14)15(20)19-12-4-1-10(2-5-12)7-8-17/h1-6,9H,7-8H2,(H,19,20). The minimum atomic E-state index is -0.125. The lowest BCUT2D eigenvalue weighted by Gasteiger charge is -2.08. The molecule has 104 valence electrons. The van der Waals surface area contributed by atoms with Crippen LogP contribution in [0.1, 0.15) is 15.9 Å². The lowest BCUT2D eigenvalue weighted by molar-refractivity contribution is 0.102. The van der Waals surface area contributed by atoms with Gasteiger partial charge in [-0.2, -0.15) is 0 Å². The number of alkyl halides is 1. The third-order valence-electron chi connectivity index (χ3n) is 2.77. The number of aryl methyl sites for hydroxylation is 1. The van der Waals surface area contributed by atoms with Crippen LogP contribution >= 0.6 is 50.1 Å². The van der Waals surface area contributed by atoms with Gasteiger partial charge in [0.1, 0.15) is 0 Å². The lowest BCUT2D eigenvalue weighted by atomic mass is 10.1. The van der Waals surface area contributed by atoms with Gasteiger partial charge in [-0.1, -0.05) is 12.1 Å². The highest BCUT2D eigenvalue weighted by atomic mass is 127. The molecule has 2 aromatic carbocycles. The molecule has 0 aliphatic rings. The number of hydrogen-bond donors (Lipinski definition) is 1. The van der Waals surface area contributed by atoms with Crippen molar-refractivity contribution in [1.29, 1.82) is 0 Å². The predicted octanol–water partition coefficient (Wildman–Crippen LogP) is 5.09. The Morgan fingerprint density at radius 1 is 1.20 bits per heavy atom. The topological polar surface area (TPSA) is 29.1 Å². The maximum Gasteiger partial charge on any atom is 0.256 e. The molecule has 1 amide bonds. The molecule has 0 saturated carbocycles. The molecule has 5 heteroatoms. The first-order valence-electron chi connectivity index (χ1n) is 6.01. The van der Waals surface area contributed by atoms with Gasteiger partial charge in [-0.05, 0) is 80.8 Å². The fourth-order valence-corrected chi connectivity index (χ4v) is 2.87. The van der Waals surface area contributed by atoms with Crippen LogP contribution in [-0.2, 0) is 6.42 Å². The first kappa shape index (κ1) is 15.8. The van der Waals surface area contributed by atoms with E-state index in [4.69, 9.17) is 11.6 Å². The van der Waals surface area contributed by atoms with E-state index in [1.54, 1.807) is 0 Å². The molecule has 2 nitrogen and oxygen atoms in total. The van der Waals surface area contributed by atoms with Gasteiger partial charge in [0.2, 0.25) is 0 Å². The van der Waals surface area contributed by atoms with E-state index in [0.29, 0.717) is 11.4 Å². The highest BCUT2D eigenvalue weighted by Gasteiger charge is 2.10. The second-order valence-electron chi connectivity index (χ2n) is 4.21. The average molecular weight is 465 g/mol. The van der Waals surface area contributed by atoms with Gasteiger partial charge in [0, 0.05) is 19.6 Å². The van der Waals surface area contributed by atoms with E-state index in [0.717, 1.165) is 25.7 Å². The van der Waals surface area contributed by atoms with Gasteiger partial charge in [0.15, 0.2) is 0 Å². The molecule has 1 N–H and O–H groups in total. The van der Waals surface area contributed by atoms with E-state index in [-0.39, 0.29) is 5.91 Å². The number of halogens is 3. The molecule has 0 aliphatic heterocycles. The van der Waals surface area contributed by atoms with Crippen LogP contribution in [0, 0.1) is 3.57 Å². The molecular formula is C15H12BrClINO. The summed E-state index contributed by atoms with van der Waals surface area (Å²) in [5.41, 5.74) is 2.56. The summed E-state index contributed by atoms with van der Waals surface area (Å²) in [5, 5.41) is 2.89. The van der Waals surface area contributed by atoms with Crippen LogP contribution in [0.3, 0.4) is 0 Å². The van der Waals surface area contributed by atoms with E-state index >= 15 is 0 Å². The second-order valence-corrected chi connectivity index (χ2v) is 6.69. The molecule has 0 bridgehead atoms. The number of nitrogens with one attached hydrogen (secondary N) is 1. The van der Waals surface area contributed by atoms with Crippen molar-refractivity contribution in [3.63, 3.8) is 0 Å². The Kier molecular flexibility index (Phi) is 5.86. The molecule has 0 unspecified atom stereocenters. The smallest absolute Gasteiger partial charge is 0.256 e. The van der Waals surface area contributed by atoms with E-state index < -0.39 is 0 Å². The van der Waals surface area contributed by atoms with Gasteiger partial charge in [-0.3, -0.25) is 4.79 Å². The van der Waals surface area contributed by atoms with Crippen molar-refractivity contribution in [3.8, 4) is 0 Å². The van der Waals surface area contributed by atoms with Crippen LogP contribution in [0.4, 0.5) is 5.69 Å². The molecule has 0 heterocycles. The molecule has 20 heavy (non-hydrogen) atoms. The number of rotatable bonds is 4. The summed E-state index contributed by atoms with van der Waals surface area (Å²) >= 11 is 11.3. The van der Waals surface area contributed by atoms with Gasteiger partial charge in [-0.15, -0.1) is 11.6 Å². The van der Waals surface area contributed by atoms with Crippen molar-refractivity contribution < 1.29 is 4.79 Å². The first-order valence-corrected chi connectivity index (χ1v) is 8.42. The van der Waals surface area contributed by atoms with Crippen LogP contribution < -0.4 is 5.32 Å². The van der Waals surface area contributed by atoms with Crippen molar-refractivity contribution >= 4 is 61.7 Å². The minimum absolute atomic E-state index is 0.125. The van der Waals surface area contributed by atoms with Crippen LogP contribution in [0.5, 0.6) is 0 Å². The van der Waals surface area contributed by atoms with E-state index in [1.165, 1.54) is 0 Å². The summed E-state index contributed by atoms with van der Waals surface area (Å²) in [4.78, 5) is 12.2. The number of amides is 1. The molecule has 0 spiro atoms. The van der Waals surface area contributed by atoms with Crippen molar-refractivity contribution in [2.75, 3.05) is 11.2 Å². The highest BCUT2D eigenvalue weighted by molar-refractivity contribution is 14.1. The maximum absolute atomic E-state index is 12.2. The number of hydrogen-bond acceptors (Lipinski definition) is 1. The summed E-state index contributed by atoms with van der Waals surface area (Å²) in [6, 6.07) is 13.4. The predicted molar refractivity (Wildman–Crippen MR) is 95.7 cm³/mol. The number of carbonyl (C=O) groups excluding carboxylic acids is 1. The molecule has 0 fully saturated rings. The molecule has 0 aromatic heterocycles. The Morgan fingerprint density at radius 3 is 2.55 bits per heavy atom. The third-order valence-corrected chi connectivity index (χ3v) is 4.32. The van der Waals surface area contributed by atoms with E-state index in [1.807, 2.05) is 42.5 Å². The second kappa shape index (κ2) is 7.43. The van der Waals surface area contributed by atoms with Gasteiger partial charge in [-0.25, -0.2) is 0 Å². The van der Waals surface area contributed by atoms with Crippen LogP contribution in [0.2, 0.25) is 0 Å². The molecule has 0 radical (unpaired) electrons. The summed E-state index contributed by atoms with van der Waals surface area (Å²) in [7, 11) is 0. The van der Waals surface area contributed by atoms with Crippen molar-refractivity contribution in [1.82, 2.24) is 0 Å². The van der Waals surface area contributed by atoms with Gasteiger partial charge in [0.25, 0.3) is 5.91 Å². The quantitative estimate of drug-likeness (QED) is 0.496. The van der Waals surface area contributed by atoms with Crippen molar-refractivity contribution in [3.05, 3.63) is 61.6 Å². The van der Waals surface area contributed by atoms with Crippen LogP contribution in [-0.4, -0.2) is 11.8 Å². The van der Waals surface area contributed by atoms with Gasteiger partial charge >= 0.3 is 0 Å². The number of anilines is 1.